The summed E-state index contributed by atoms with van der Waals surface area (Å²) in [6.45, 7) is 2.77. The van der Waals surface area contributed by atoms with Crippen molar-refractivity contribution in [1.82, 2.24) is 4.90 Å². The predicted molar refractivity (Wildman–Crippen MR) is 98.6 cm³/mol. The second-order valence-electron chi connectivity index (χ2n) is 5.62. The molecule has 1 aromatic carbocycles. The number of rotatable bonds is 6. The zero-order valence-corrected chi connectivity index (χ0v) is 15.3. The monoisotopic (exact) mass is 391 g/mol. The van der Waals surface area contributed by atoms with Gasteiger partial charge in [-0.2, -0.15) is 0 Å². The van der Waals surface area contributed by atoms with E-state index in [-0.39, 0.29) is 22.3 Å². The summed E-state index contributed by atoms with van der Waals surface area (Å²) in [6, 6.07) is 7.73. The molecule has 0 bridgehead atoms. The van der Waals surface area contributed by atoms with Gasteiger partial charge in [-0.05, 0) is 25.1 Å². The van der Waals surface area contributed by atoms with Crippen molar-refractivity contribution in [3.05, 3.63) is 45.3 Å². The maximum absolute atomic E-state index is 12.5. The van der Waals surface area contributed by atoms with Gasteiger partial charge in [-0.3, -0.25) is 19.7 Å². The standard InChI is InChI=1S/C17H17N3O6S/c1-2-19(17(22)14-5-6-16(27-14)20(23)24)10-15(21)18-11-3-4-12-13(9-11)26-8-7-25-12/h3-6,9H,2,7-8,10H2,1H3,(H,18,21). The van der Waals surface area contributed by atoms with Crippen LogP contribution in [0.15, 0.2) is 30.3 Å². The number of fused-ring (bicyclic) bond motifs is 1. The summed E-state index contributed by atoms with van der Waals surface area (Å²) in [5.74, 6) is 0.359. The summed E-state index contributed by atoms with van der Waals surface area (Å²) in [7, 11) is 0. The van der Waals surface area contributed by atoms with E-state index in [2.05, 4.69) is 5.32 Å². The first-order valence-corrected chi connectivity index (χ1v) is 9.02. The quantitative estimate of drug-likeness (QED) is 0.598. The normalized spacial score (nSPS) is 12.3. The number of thiophene rings is 1. The molecular weight excluding hydrogens is 374 g/mol. The van der Waals surface area contributed by atoms with Crippen LogP contribution < -0.4 is 14.8 Å². The molecule has 1 aliphatic rings. The van der Waals surface area contributed by atoms with Crippen LogP contribution in [0.3, 0.4) is 0 Å². The van der Waals surface area contributed by atoms with Crippen LogP contribution in [0.4, 0.5) is 10.7 Å². The third-order valence-electron chi connectivity index (χ3n) is 3.81. The average molecular weight is 391 g/mol. The lowest BCUT2D eigenvalue weighted by atomic mass is 10.2. The lowest BCUT2D eigenvalue weighted by Gasteiger charge is -2.21. The first kappa shape index (κ1) is 18.6. The van der Waals surface area contributed by atoms with Crippen molar-refractivity contribution in [3.63, 3.8) is 0 Å². The van der Waals surface area contributed by atoms with Crippen LogP contribution in [0.25, 0.3) is 0 Å². The molecule has 2 heterocycles. The second-order valence-corrected chi connectivity index (χ2v) is 6.68. The highest BCUT2D eigenvalue weighted by molar-refractivity contribution is 7.17. The van der Waals surface area contributed by atoms with E-state index >= 15 is 0 Å². The van der Waals surface area contributed by atoms with E-state index in [0.717, 1.165) is 11.3 Å². The molecule has 0 radical (unpaired) electrons. The lowest BCUT2D eigenvalue weighted by Crippen LogP contribution is -2.37. The number of nitro groups is 1. The Bertz CT molecular complexity index is 881. The van der Waals surface area contributed by atoms with Crippen LogP contribution in [-0.4, -0.2) is 47.9 Å². The van der Waals surface area contributed by atoms with E-state index in [1.165, 1.54) is 17.0 Å². The molecule has 1 aliphatic heterocycles. The maximum atomic E-state index is 12.5. The molecule has 0 unspecified atom stereocenters. The highest BCUT2D eigenvalue weighted by Gasteiger charge is 2.22. The smallest absolute Gasteiger partial charge is 0.324 e. The van der Waals surface area contributed by atoms with Crippen LogP contribution in [0.1, 0.15) is 16.6 Å². The van der Waals surface area contributed by atoms with Crippen LogP contribution in [-0.2, 0) is 4.79 Å². The fraction of sp³-hybridized carbons (Fsp3) is 0.294. The number of carbonyl (C=O) groups is 2. The first-order chi connectivity index (χ1) is 13.0. The van der Waals surface area contributed by atoms with Gasteiger partial charge in [0.05, 0.1) is 9.80 Å². The van der Waals surface area contributed by atoms with Gasteiger partial charge in [-0.15, -0.1) is 0 Å². The molecule has 0 saturated carbocycles. The number of likely N-dealkylation sites (N-methyl/N-ethyl adjacent to an activating group) is 1. The van der Waals surface area contributed by atoms with Gasteiger partial charge in [0.15, 0.2) is 11.5 Å². The molecule has 2 aromatic rings. The molecule has 9 nitrogen and oxygen atoms in total. The van der Waals surface area contributed by atoms with E-state index in [9.17, 15) is 19.7 Å². The Morgan fingerprint density at radius 2 is 1.96 bits per heavy atom. The highest BCUT2D eigenvalue weighted by atomic mass is 32.1. The van der Waals surface area contributed by atoms with E-state index in [4.69, 9.17) is 9.47 Å². The minimum absolute atomic E-state index is 0.116. The number of benzene rings is 1. The Balaban J connectivity index is 1.64. The highest BCUT2D eigenvalue weighted by Crippen LogP contribution is 2.32. The Morgan fingerprint density at radius 1 is 1.22 bits per heavy atom. The van der Waals surface area contributed by atoms with Gasteiger partial charge in [0.2, 0.25) is 5.91 Å². The second kappa shape index (κ2) is 8.04. The minimum Gasteiger partial charge on any atom is -0.486 e. The number of nitrogens with one attached hydrogen (secondary N) is 1. The van der Waals surface area contributed by atoms with Gasteiger partial charge in [0.1, 0.15) is 19.8 Å². The molecule has 0 spiro atoms. The van der Waals surface area contributed by atoms with Crippen LogP contribution in [0, 0.1) is 10.1 Å². The number of carbonyl (C=O) groups excluding carboxylic acids is 2. The molecule has 0 atom stereocenters. The molecule has 0 saturated heterocycles. The summed E-state index contributed by atoms with van der Waals surface area (Å²) in [5, 5.41) is 13.4. The van der Waals surface area contributed by atoms with Crippen LogP contribution in [0.2, 0.25) is 0 Å². The van der Waals surface area contributed by atoms with Gasteiger partial charge >= 0.3 is 5.00 Å². The number of hydrogen-bond acceptors (Lipinski definition) is 7. The summed E-state index contributed by atoms with van der Waals surface area (Å²) in [6.07, 6.45) is 0. The van der Waals surface area contributed by atoms with Crippen molar-refractivity contribution in [1.29, 1.82) is 0 Å². The Morgan fingerprint density at radius 3 is 2.63 bits per heavy atom. The predicted octanol–water partition coefficient (Wildman–Crippen LogP) is 2.53. The SMILES string of the molecule is CCN(CC(=O)Nc1ccc2c(c1)OCCO2)C(=O)c1ccc([N+](=O)[O-])s1. The van der Waals surface area contributed by atoms with E-state index in [1.54, 1.807) is 25.1 Å². The van der Waals surface area contributed by atoms with Gasteiger partial charge < -0.3 is 19.7 Å². The zero-order valence-electron chi connectivity index (χ0n) is 14.5. The third kappa shape index (κ3) is 4.34. The van der Waals surface area contributed by atoms with Gasteiger partial charge in [0, 0.05) is 24.4 Å². The zero-order chi connectivity index (χ0) is 19.4. The molecular formula is C17H17N3O6S. The molecule has 1 aromatic heterocycles. The molecule has 10 heteroatoms. The molecule has 0 fully saturated rings. The Labute approximate surface area is 158 Å². The van der Waals surface area contributed by atoms with Crippen LogP contribution >= 0.6 is 11.3 Å². The lowest BCUT2D eigenvalue weighted by molar-refractivity contribution is -0.380. The fourth-order valence-corrected chi connectivity index (χ4v) is 3.31. The maximum Gasteiger partial charge on any atom is 0.324 e. The van der Waals surface area contributed by atoms with Crippen molar-refractivity contribution in [2.24, 2.45) is 0 Å². The number of hydrogen-bond donors (Lipinski definition) is 1. The van der Waals surface area contributed by atoms with Crippen LogP contribution in [0.5, 0.6) is 11.5 Å². The fourth-order valence-electron chi connectivity index (χ4n) is 2.52. The van der Waals surface area contributed by atoms with Gasteiger partial charge in [0.25, 0.3) is 5.91 Å². The van der Waals surface area contributed by atoms with E-state index in [0.29, 0.717) is 36.9 Å². The minimum atomic E-state index is -0.549. The summed E-state index contributed by atoms with van der Waals surface area (Å²) >= 11 is 0.787. The van der Waals surface area contributed by atoms with Gasteiger partial charge in [-0.25, -0.2) is 0 Å². The molecule has 142 valence electrons. The molecule has 27 heavy (non-hydrogen) atoms. The Kier molecular flexibility index (Phi) is 5.55. The van der Waals surface area contributed by atoms with E-state index < -0.39 is 10.8 Å². The first-order valence-electron chi connectivity index (χ1n) is 8.21. The Hall–Kier alpha value is -3.14. The third-order valence-corrected chi connectivity index (χ3v) is 4.84. The largest absolute Gasteiger partial charge is 0.486 e. The molecule has 2 amide bonds. The molecule has 0 aliphatic carbocycles. The summed E-state index contributed by atoms with van der Waals surface area (Å²) < 4.78 is 10.9. The van der Waals surface area contributed by atoms with E-state index in [1.807, 2.05) is 0 Å². The summed E-state index contributed by atoms with van der Waals surface area (Å²) in [4.78, 5) is 36.6. The van der Waals surface area contributed by atoms with Crippen molar-refractivity contribution in [2.45, 2.75) is 6.92 Å². The van der Waals surface area contributed by atoms with Crippen molar-refractivity contribution in [2.75, 3.05) is 31.6 Å². The number of amides is 2. The molecule has 1 N–H and O–H groups in total. The molecule has 3 rings (SSSR count). The average Bonchev–Trinajstić information content (AvgIpc) is 3.16. The van der Waals surface area contributed by atoms with Gasteiger partial charge in [-0.1, -0.05) is 11.3 Å². The number of ether oxygens (including phenoxy) is 2. The summed E-state index contributed by atoms with van der Waals surface area (Å²) in [5.41, 5.74) is 0.527. The van der Waals surface area contributed by atoms with Crippen molar-refractivity contribution in [3.8, 4) is 11.5 Å². The van der Waals surface area contributed by atoms with Crippen molar-refractivity contribution < 1.29 is 24.0 Å². The topological polar surface area (TPSA) is 111 Å². The number of nitrogens with zero attached hydrogens (tertiary/aromatic N) is 2. The number of anilines is 1. The van der Waals surface area contributed by atoms with Crippen molar-refractivity contribution >= 4 is 33.8 Å².